The first-order valence-electron chi connectivity index (χ1n) is 7.24. The van der Waals surface area contributed by atoms with E-state index >= 15 is 0 Å². The van der Waals surface area contributed by atoms with E-state index in [9.17, 15) is 9.59 Å². The number of fused-ring (bicyclic) bond motifs is 1. The molecule has 0 spiro atoms. The van der Waals surface area contributed by atoms with Gasteiger partial charge in [0.05, 0.1) is 5.69 Å². The van der Waals surface area contributed by atoms with Gasteiger partial charge in [0, 0.05) is 13.5 Å². The Balaban J connectivity index is 2.22. The van der Waals surface area contributed by atoms with Crippen molar-refractivity contribution in [2.45, 2.75) is 38.8 Å². The largest absolute Gasteiger partial charge is 0.444 e. The van der Waals surface area contributed by atoms with E-state index in [1.165, 1.54) is 0 Å². The van der Waals surface area contributed by atoms with E-state index in [0.29, 0.717) is 6.42 Å². The second-order valence-electron chi connectivity index (χ2n) is 6.36. The molecule has 2 rings (SSSR count). The first kappa shape index (κ1) is 16.1. The zero-order chi connectivity index (χ0) is 16.5. The van der Waals surface area contributed by atoms with Crippen molar-refractivity contribution >= 4 is 23.8 Å². The van der Waals surface area contributed by atoms with E-state index in [-0.39, 0.29) is 5.91 Å². The monoisotopic (exact) mass is 302 g/mol. The molecule has 1 aliphatic heterocycles. The van der Waals surface area contributed by atoms with Gasteiger partial charge >= 0.3 is 6.09 Å². The minimum atomic E-state index is -0.618. The van der Waals surface area contributed by atoms with E-state index in [1.807, 2.05) is 18.2 Å². The second kappa shape index (κ2) is 5.83. The van der Waals surface area contributed by atoms with E-state index in [4.69, 9.17) is 4.74 Å². The van der Waals surface area contributed by atoms with Gasteiger partial charge in [0.15, 0.2) is 0 Å². The van der Waals surface area contributed by atoms with Crippen molar-refractivity contribution in [1.29, 1.82) is 0 Å². The SMILES string of the molecule is C=Cc1cccc2c1N(C)C(=O)[C@H](NC(=O)OC(C)(C)C)C2. The average Bonchev–Trinajstić information content (AvgIpc) is 2.41. The van der Waals surface area contributed by atoms with E-state index in [2.05, 4.69) is 11.9 Å². The Morgan fingerprint density at radius 2 is 2.14 bits per heavy atom. The Morgan fingerprint density at radius 3 is 2.73 bits per heavy atom. The Morgan fingerprint density at radius 1 is 1.45 bits per heavy atom. The van der Waals surface area contributed by atoms with Gasteiger partial charge in [-0.15, -0.1) is 0 Å². The number of carbonyl (C=O) groups excluding carboxylic acids is 2. The predicted octanol–water partition coefficient (Wildman–Crippen LogP) is 2.74. The van der Waals surface area contributed by atoms with E-state index < -0.39 is 17.7 Å². The molecule has 0 bridgehead atoms. The predicted molar refractivity (Wildman–Crippen MR) is 86.8 cm³/mol. The van der Waals surface area contributed by atoms with Gasteiger partial charge < -0.3 is 15.0 Å². The second-order valence-corrected chi connectivity index (χ2v) is 6.36. The van der Waals surface area contributed by atoms with Crippen molar-refractivity contribution in [3.63, 3.8) is 0 Å². The highest BCUT2D eigenvalue weighted by atomic mass is 16.6. The number of likely N-dealkylation sites (N-methyl/N-ethyl adjacent to an activating group) is 1. The highest BCUT2D eigenvalue weighted by molar-refractivity contribution is 6.02. The third kappa shape index (κ3) is 3.30. The van der Waals surface area contributed by atoms with E-state index in [1.54, 1.807) is 38.8 Å². The molecule has 118 valence electrons. The summed E-state index contributed by atoms with van der Waals surface area (Å²) in [5.74, 6) is -0.160. The molecule has 2 amide bonds. The van der Waals surface area contributed by atoms with Crippen LogP contribution in [0.4, 0.5) is 10.5 Å². The molecular weight excluding hydrogens is 280 g/mol. The molecule has 5 heteroatoms. The van der Waals surface area contributed by atoms with Crippen LogP contribution in [0.5, 0.6) is 0 Å². The molecule has 1 aromatic carbocycles. The van der Waals surface area contributed by atoms with Gasteiger partial charge in [-0.1, -0.05) is 30.9 Å². The van der Waals surface area contributed by atoms with Gasteiger partial charge in [0.25, 0.3) is 0 Å². The maximum Gasteiger partial charge on any atom is 0.408 e. The van der Waals surface area contributed by atoms with Crippen molar-refractivity contribution < 1.29 is 14.3 Å². The van der Waals surface area contributed by atoms with Crippen molar-refractivity contribution in [3.8, 4) is 0 Å². The van der Waals surface area contributed by atoms with Crippen LogP contribution in [0.2, 0.25) is 0 Å². The topological polar surface area (TPSA) is 58.6 Å². The summed E-state index contributed by atoms with van der Waals surface area (Å²) in [5, 5.41) is 2.66. The highest BCUT2D eigenvalue weighted by Crippen LogP contribution is 2.31. The van der Waals surface area contributed by atoms with Gasteiger partial charge in [-0.05, 0) is 31.9 Å². The van der Waals surface area contributed by atoms with Crippen LogP contribution in [0, 0.1) is 0 Å². The lowest BCUT2D eigenvalue weighted by atomic mass is 9.94. The van der Waals surface area contributed by atoms with Crippen LogP contribution < -0.4 is 10.2 Å². The zero-order valence-electron chi connectivity index (χ0n) is 13.5. The molecule has 22 heavy (non-hydrogen) atoms. The van der Waals surface area contributed by atoms with Gasteiger partial charge in [0.1, 0.15) is 11.6 Å². The summed E-state index contributed by atoms with van der Waals surface area (Å²) < 4.78 is 5.22. The Labute approximate surface area is 130 Å². The summed E-state index contributed by atoms with van der Waals surface area (Å²) in [6, 6.07) is 5.17. The molecule has 1 N–H and O–H groups in total. The van der Waals surface area contributed by atoms with Crippen LogP contribution in [0.15, 0.2) is 24.8 Å². The van der Waals surface area contributed by atoms with Crippen LogP contribution in [0.25, 0.3) is 6.08 Å². The Bertz CT molecular complexity index is 617. The van der Waals surface area contributed by atoms with Gasteiger partial charge in [-0.3, -0.25) is 4.79 Å². The molecule has 0 saturated heterocycles. The summed E-state index contributed by atoms with van der Waals surface area (Å²) in [5.41, 5.74) is 2.16. The lowest BCUT2D eigenvalue weighted by Gasteiger charge is -2.33. The molecule has 1 aliphatic rings. The summed E-state index contributed by atoms with van der Waals surface area (Å²) in [4.78, 5) is 25.9. The summed E-state index contributed by atoms with van der Waals surface area (Å²) >= 11 is 0. The lowest BCUT2D eigenvalue weighted by Crippen LogP contribution is -2.52. The van der Waals surface area contributed by atoms with Crippen LogP contribution in [-0.2, 0) is 16.0 Å². The van der Waals surface area contributed by atoms with Gasteiger partial charge in [-0.2, -0.15) is 0 Å². The molecule has 1 aromatic rings. The number of anilines is 1. The number of benzene rings is 1. The van der Waals surface area contributed by atoms with E-state index in [0.717, 1.165) is 16.8 Å². The standard InChI is InChI=1S/C17H22N2O3/c1-6-11-8-7-9-12-10-13(15(20)19(5)14(11)12)18-16(21)22-17(2,3)4/h6-9,13H,1,10H2,2-5H3,(H,18,21)/t13-/m1/s1. The fraction of sp³-hybridized carbons (Fsp3) is 0.412. The molecule has 0 saturated carbocycles. The van der Waals surface area contributed by atoms with Crippen LogP contribution in [0.3, 0.4) is 0 Å². The van der Waals surface area contributed by atoms with Crippen molar-refractivity contribution in [2.24, 2.45) is 0 Å². The van der Waals surface area contributed by atoms with Crippen LogP contribution in [0.1, 0.15) is 31.9 Å². The Hall–Kier alpha value is -2.30. The summed E-state index contributed by atoms with van der Waals surface area (Å²) in [6.07, 6.45) is 1.59. The molecule has 0 radical (unpaired) electrons. The summed E-state index contributed by atoms with van der Waals surface area (Å²) in [7, 11) is 1.71. The minimum Gasteiger partial charge on any atom is -0.444 e. The van der Waals surface area contributed by atoms with Gasteiger partial charge in [-0.25, -0.2) is 4.79 Å². The molecule has 0 aromatic heterocycles. The maximum atomic E-state index is 12.5. The zero-order valence-corrected chi connectivity index (χ0v) is 13.5. The number of nitrogens with zero attached hydrogens (tertiary/aromatic N) is 1. The number of hydrogen-bond donors (Lipinski definition) is 1. The molecule has 1 heterocycles. The quantitative estimate of drug-likeness (QED) is 0.914. The number of carbonyl (C=O) groups is 2. The number of ether oxygens (including phenoxy) is 1. The number of para-hydroxylation sites is 1. The maximum absolute atomic E-state index is 12.5. The summed E-state index contributed by atoms with van der Waals surface area (Å²) in [6.45, 7) is 9.13. The average molecular weight is 302 g/mol. The fourth-order valence-electron chi connectivity index (χ4n) is 2.56. The van der Waals surface area contributed by atoms with Crippen molar-refractivity contribution in [3.05, 3.63) is 35.9 Å². The van der Waals surface area contributed by atoms with Crippen molar-refractivity contribution in [1.82, 2.24) is 5.32 Å². The smallest absolute Gasteiger partial charge is 0.408 e. The number of alkyl carbamates (subject to hydrolysis) is 1. The fourth-order valence-corrected chi connectivity index (χ4v) is 2.56. The number of rotatable bonds is 2. The molecule has 1 atom stereocenters. The van der Waals surface area contributed by atoms with Crippen molar-refractivity contribution in [2.75, 3.05) is 11.9 Å². The van der Waals surface area contributed by atoms with Crippen LogP contribution >= 0.6 is 0 Å². The normalized spacial score (nSPS) is 17.7. The number of hydrogen-bond acceptors (Lipinski definition) is 3. The minimum absolute atomic E-state index is 0.160. The molecular formula is C17H22N2O3. The number of amides is 2. The molecule has 5 nitrogen and oxygen atoms in total. The highest BCUT2D eigenvalue weighted by Gasteiger charge is 2.33. The first-order chi connectivity index (χ1) is 10.2. The third-order valence-electron chi connectivity index (χ3n) is 3.45. The Kier molecular flexibility index (Phi) is 4.26. The number of nitrogens with one attached hydrogen (secondary N) is 1. The first-order valence-corrected chi connectivity index (χ1v) is 7.24. The van der Waals surface area contributed by atoms with Crippen LogP contribution in [-0.4, -0.2) is 30.7 Å². The lowest BCUT2D eigenvalue weighted by molar-refractivity contribution is -0.120. The van der Waals surface area contributed by atoms with Gasteiger partial charge in [0.2, 0.25) is 5.91 Å². The molecule has 0 fully saturated rings. The molecule has 0 unspecified atom stereocenters. The third-order valence-corrected chi connectivity index (χ3v) is 3.45. The molecule has 0 aliphatic carbocycles.